The van der Waals surface area contributed by atoms with Crippen LogP contribution in [-0.4, -0.2) is 23.8 Å². The first-order valence-corrected chi connectivity index (χ1v) is 6.22. The van der Waals surface area contributed by atoms with E-state index in [-0.39, 0.29) is 6.61 Å². The summed E-state index contributed by atoms with van der Waals surface area (Å²) in [6.45, 7) is 4.21. The third kappa shape index (κ3) is 2.54. The number of hydrogen-bond donors (Lipinski definition) is 0. The number of ether oxygens (including phenoxy) is 2. The van der Waals surface area contributed by atoms with Crippen molar-refractivity contribution >= 4 is 16.9 Å². The minimum atomic E-state index is -1.84. The second-order valence-corrected chi connectivity index (χ2v) is 3.93. The summed E-state index contributed by atoms with van der Waals surface area (Å²) in [5, 5.41) is 0.774. The molecule has 0 bridgehead atoms. The van der Waals surface area contributed by atoms with Crippen molar-refractivity contribution in [2.75, 3.05) is 13.2 Å². The lowest BCUT2D eigenvalue weighted by Crippen LogP contribution is -2.17. The van der Waals surface area contributed by atoms with E-state index >= 15 is 0 Å². The molecule has 1 unspecified atom stereocenters. The highest BCUT2D eigenvalue weighted by Gasteiger charge is 2.22. The van der Waals surface area contributed by atoms with Crippen molar-refractivity contribution in [2.24, 2.45) is 0 Å². The summed E-state index contributed by atoms with van der Waals surface area (Å²) in [6.07, 6.45) is -0.316. The van der Waals surface area contributed by atoms with Crippen molar-refractivity contribution in [3.8, 4) is 5.75 Å². The van der Waals surface area contributed by atoms with Crippen LogP contribution in [0.25, 0.3) is 10.9 Å². The van der Waals surface area contributed by atoms with Crippen molar-refractivity contribution in [1.82, 2.24) is 4.57 Å². The highest BCUT2D eigenvalue weighted by molar-refractivity contribution is 5.88. The average molecular weight is 265 g/mol. The van der Waals surface area contributed by atoms with Gasteiger partial charge < -0.3 is 14.0 Å². The molecule has 0 saturated carbocycles. The van der Waals surface area contributed by atoms with Gasteiger partial charge >= 0.3 is 5.97 Å². The van der Waals surface area contributed by atoms with Crippen LogP contribution in [0.5, 0.6) is 5.75 Å². The molecule has 4 nitrogen and oxygen atoms in total. The summed E-state index contributed by atoms with van der Waals surface area (Å²) in [5.74, 6) is -0.211. The summed E-state index contributed by atoms with van der Waals surface area (Å²) in [7, 11) is 0. The van der Waals surface area contributed by atoms with Crippen molar-refractivity contribution < 1.29 is 18.7 Å². The van der Waals surface area contributed by atoms with E-state index in [1.54, 1.807) is 25.1 Å². The molecule has 0 radical (unpaired) electrons. The number of benzene rings is 1. The van der Waals surface area contributed by atoms with E-state index in [4.69, 9.17) is 4.74 Å². The molecule has 0 spiro atoms. The molecule has 2 aromatic rings. The third-order valence-electron chi connectivity index (χ3n) is 2.75. The highest BCUT2D eigenvalue weighted by Crippen LogP contribution is 2.29. The topological polar surface area (TPSA) is 40.5 Å². The van der Waals surface area contributed by atoms with Crippen LogP contribution in [0.1, 0.15) is 20.1 Å². The molecule has 0 fully saturated rings. The fraction of sp³-hybridized carbons (Fsp3) is 0.357. The van der Waals surface area contributed by atoms with E-state index < -0.39 is 12.3 Å². The molecule has 1 atom stereocenters. The Morgan fingerprint density at radius 1 is 1.32 bits per heavy atom. The Bertz CT molecular complexity index is 579. The minimum absolute atomic E-state index is 0.155. The lowest BCUT2D eigenvalue weighted by molar-refractivity contribution is -0.152. The number of carbonyl (C=O) groups excluding carboxylic acids is 1. The van der Waals surface area contributed by atoms with E-state index in [9.17, 15) is 9.18 Å². The molecule has 0 saturated heterocycles. The van der Waals surface area contributed by atoms with Crippen LogP contribution >= 0.6 is 0 Å². The fourth-order valence-electron chi connectivity index (χ4n) is 1.96. The Morgan fingerprint density at radius 2 is 2.11 bits per heavy atom. The monoisotopic (exact) mass is 265 g/mol. The molecular weight excluding hydrogens is 249 g/mol. The van der Waals surface area contributed by atoms with Gasteiger partial charge in [0.1, 0.15) is 5.75 Å². The largest absolute Gasteiger partial charge is 0.493 e. The second kappa shape index (κ2) is 5.73. The molecule has 0 aliphatic carbocycles. The first kappa shape index (κ1) is 13.4. The van der Waals surface area contributed by atoms with Gasteiger partial charge in [-0.1, -0.05) is 6.07 Å². The zero-order valence-electron chi connectivity index (χ0n) is 10.9. The van der Waals surface area contributed by atoms with Gasteiger partial charge in [-0.2, -0.15) is 0 Å². The summed E-state index contributed by atoms with van der Waals surface area (Å²) >= 11 is 0. The van der Waals surface area contributed by atoms with Gasteiger partial charge in [-0.05, 0) is 32.0 Å². The van der Waals surface area contributed by atoms with E-state index in [2.05, 4.69) is 4.74 Å². The number of hydrogen-bond acceptors (Lipinski definition) is 3. The quantitative estimate of drug-likeness (QED) is 0.780. The predicted octanol–water partition coefficient (Wildman–Crippen LogP) is 3.07. The molecule has 19 heavy (non-hydrogen) atoms. The van der Waals surface area contributed by atoms with Crippen molar-refractivity contribution in [1.29, 1.82) is 0 Å². The first-order chi connectivity index (χ1) is 9.19. The van der Waals surface area contributed by atoms with Crippen LogP contribution in [0.4, 0.5) is 4.39 Å². The zero-order chi connectivity index (χ0) is 13.8. The molecule has 2 rings (SSSR count). The first-order valence-electron chi connectivity index (χ1n) is 6.22. The molecule has 5 heteroatoms. The molecule has 0 aliphatic rings. The second-order valence-electron chi connectivity index (χ2n) is 3.93. The Kier molecular flexibility index (Phi) is 4.04. The molecule has 1 aromatic carbocycles. The number of fused-ring (bicyclic) bond motifs is 1. The van der Waals surface area contributed by atoms with Gasteiger partial charge in [-0.15, -0.1) is 0 Å². The SMILES string of the molecule is CCOC(=O)C(F)n1ccc2c(OCC)cccc21. The third-order valence-corrected chi connectivity index (χ3v) is 2.75. The van der Waals surface area contributed by atoms with Gasteiger partial charge in [0.25, 0.3) is 6.30 Å². The Labute approximate surface area is 110 Å². The normalized spacial score (nSPS) is 12.4. The Morgan fingerprint density at radius 3 is 2.79 bits per heavy atom. The molecule has 0 aliphatic heterocycles. The van der Waals surface area contributed by atoms with Gasteiger partial charge in [-0.25, -0.2) is 9.18 Å². The fourth-order valence-corrected chi connectivity index (χ4v) is 1.96. The number of esters is 1. The van der Waals surface area contributed by atoms with Gasteiger partial charge in [0.15, 0.2) is 0 Å². The number of rotatable bonds is 5. The van der Waals surface area contributed by atoms with Crippen LogP contribution < -0.4 is 4.74 Å². The lowest BCUT2D eigenvalue weighted by atomic mass is 10.2. The van der Waals surface area contributed by atoms with Crippen molar-refractivity contribution in [3.63, 3.8) is 0 Å². The Hall–Kier alpha value is -2.04. The van der Waals surface area contributed by atoms with Gasteiger partial charge in [0.2, 0.25) is 0 Å². The molecular formula is C14H16FNO3. The van der Waals surface area contributed by atoms with Gasteiger partial charge in [0.05, 0.1) is 18.7 Å². The van der Waals surface area contributed by atoms with Gasteiger partial charge in [-0.3, -0.25) is 0 Å². The standard InChI is InChI=1S/C14H16FNO3/c1-3-18-12-7-5-6-11-10(12)8-9-16(11)13(15)14(17)19-4-2/h5-9,13H,3-4H2,1-2H3. The number of halogens is 1. The number of alkyl halides is 1. The van der Waals surface area contributed by atoms with Crippen LogP contribution in [0, 0.1) is 0 Å². The number of carbonyl (C=O) groups is 1. The molecule has 0 N–H and O–H groups in total. The minimum Gasteiger partial charge on any atom is -0.493 e. The van der Waals surface area contributed by atoms with Crippen molar-refractivity contribution in [2.45, 2.75) is 20.1 Å². The lowest BCUT2D eigenvalue weighted by Gasteiger charge is -2.11. The molecule has 102 valence electrons. The predicted molar refractivity (Wildman–Crippen MR) is 69.9 cm³/mol. The summed E-state index contributed by atoms with van der Waals surface area (Å²) in [5.41, 5.74) is 0.603. The summed E-state index contributed by atoms with van der Waals surface area (Å²) in [4.78, 5) is 11.4. The maximum atomic E-state index is 14.0. The maximum Gasteiger partial charge on any atom is 0.362 e. The van der Waals surface area contributed by atoms with E-state index in [0.717, 1.165) is 5.39 Å². The summed E-state index contributed by atoms with van der Waals surface area (Å²) < 4.78 is 25.4. The maximum absolute atomic E-state index is 14.0. The smallest absolute Gasteiger partial charge is 0.362 e. The zero-order valence-corrected chi connectivity index (χ0v) is 10.9. The average Bonchev–Trinajstić information content (AvgIpc) is 2.83. The number of nitrogens with zero attached hydrogens (tertiary/aromatic N) is 1. The number of aromatic nitrogens is 1. The van der Waals surface area contributed by atoms with Crippen LogP contribution in [0.3, 0.4) is 0 Å². The Balaban J connectivity index is 2.40. The van der Waals surface area contributed by atoms with Crippen LogP contribution in [-0.2, 0) is 9.53 Å². The highest BCUT2D eigenvalue weighted by atomic mass is 19.1. The van der Waals surface area contributed by atoms with Gasteiger partial charge in [0, 0.05) is 11.6 Å². The molecule has 0 amide bonds. The van der Waals surface area contributed by atoms with E-state index in [1.165, 1.54) is 10.8 Å². The van der Waals surface area contributed by atoms with Crippen LogP contribution in [0.2, 0.25) is 0 Å². The molecule has 1 aromatic heterocycles. The van der Waals surface area contributed by atoms with Crippen LogP contribution in [0.15, 0.2) is 30.5 Å². The summed E-state index contributed by atoms with van der Waals surface area (Å²) in [6, 6.07) is 7.05. The molecule has 1 heterocycles. The van der Waals surface area contributed by atoms with E-state index in [0.29, 0.717) is 17.9 Å². The van der Waals surface area contributed by atoms with E-state index in [1.807, 2.05) is 13.0 Å². The van der Waals surface area contributed by atoms with Crippen molar-refractivity contribution in [3.05, 3.63) is 30.5 Å².